The highest BCUT2D eigenvalue weighted by Gasteiger charge is 2.45. The van der Waals surface area contributed by atoms with Crippen molar-refractivity contribution in [2.45, 2.75) is 24.5 Å². The average Bonchev–Trinajstić information content (AvgIpc) is 2.16. The zero-order valence-electron chi connectivity index (χ0n) is 7.98. The first-order valence-electron chi connectivity index (χ1n) is 4.69. The second-order valence-electron chi connectivity index (χ2n) is 3.80. The van der Waals surface area contributed by atoms with Gasteiger partial charge in [0.05, 0.1) is 6.10 Å². The Labute approximate surface area is 86.3 Å². The van der Waals surface area contributed by atoms with Gasteiger partial charge in [0.25, 0.3) is 0 Å². The molecule has 1 aromatic carbocycles. The molecule has 0 spiro atoms. The topological polar surface area (TPSA) is 49.7 Å². The fourth-order valence-electron chi connectivity index (χ4n) is 1.96. The third-order valence-electron chi connectivity index (χ3n) is 2.79. The van der Waals surface area contributed by atoms with E-state index >= 15 is 0 Å². The van der Waals surface area contributed by atoms with Crippen LogP contribution in [0.2, 0.25) is 0 Å². The number of aliphatic hydroxyl groups is 1. The number of benzene rings is 1. The number of hydrogen-bond donors (Lipinski definition) is 1. The van der Waals surface area contributed by atoms with E-state index in [1.165, 1.54) is 18.2 Å². The second-order valence-corrected chi connectivity index (χ2v) is 3.80. The van der Waals surface area contributed by atoms with Gasteiger partial charge in [0.2, 0.25) is 6.08 Å². The maximum absolute atomic E-state index is 12.7. The highest BCUT2D eigenvalue weighted by atomic mass is 19.1. The molecule has 0 amide bonds. The zero-order chi connectivity index (χ0) is 10.9. The number of hydrogen-bond acceptors (Lipinski definition) is 3. The summed E-state index contributed by atoms with van der Waals surface area (Å²) in [6.45, 7) is 0. The highest BCUT2D eigenvalue weighted by Crippen LogP contribution is 2.44. The van der Waals surface area contributed by atoms with Gasteiger partial charge in [-0.3, -0.25) is 0 Å². The summed E-state index contributed by atoms with van der Waals surface area (Å²) in [6, 6.07) is 5.81. The summed E-state index contributed by atoms with van der Waals surface area (Å²) in [6.07, 6.45) is 1.87. The fraction of sp³-hybridized carbons (Fsp3) is 0.364. The molecule has 78 valence electrons. The van der Waals surface area contributed by atoms with Gasteiger partial charge in [0.1, 0.15) is 11.4 Å². The van der Waals surface area contributed by atoms with Crippen molar-refractivity contribution in [3.05, 3.63) is 35.6 Å². The normalized spacial score (nSPS) is 29.1. The summed E-state index contributed by atoms with van der Waals surface area (Å²) < 4.78 is 12.7. The quantitative estimate of drug-likeness (QED) is 0.590. The number of aliphatic imine (C=N–C) groups is 1. The van der Waals surface area contributed by atoms with Crippen molar-refractivity contribution in [1.29, 1.82) is 0 Å². The Balaban J connectivity index is 2.34. The van der Waals surface area contributed by atoms with Gasteiger partial charge in [-0.1, -0.05) is 12.1 Å². The van der Waals surface area contributed by atoms with Crippen molar-refractivity contribution in [2.75, 3.05) is 0 Å². The molecule has 4 heteroatoms. The molecule has 1 N–H and O–H groups in total. The maximum Gasteiger partial charge on any atom is 0.235 e. The summed E-state index contributed by atoms with van der Waals surface area (Å²) in [5, 5.41) is 9.26. The van der Waals surface area contributed by atoms with Gasteiger partial charge in [-0.05, 0) is 17.7 Å². The van der Waals surface area contributed by atoms with E-state index in [-0.39, 0.29) is 5.82 Å². The monoisotopic (exact) mass is 207 g/mol. The molecule has 0 aromatic heterocycles. The first-order valence-corrected chi connectivity index (χ1v) is 4.69. The van der Waals surface area contributed by atoms with Crippen LogP contribution in [0.25, 0.3) is 0 Å². The minimum Gasteiger partial charge on any atom is -0.393 e. The number of halogens is 1. The van der Waals surface area contributed by atoms with Gasteiger partial charge in [0.15, 0.2) is 0 Å². The lowest BCUT2D eigenvalue weighted by Crippen LogP contribution is -2.43. The molecule has 1 fully saturated rings. The van der Waals surface area contributed by atoms with E-state index in [9.17, 15) is 14.3 Å². The van der Waals surface area contributed by atoms with E-state index in [4.69, 9.17) is 0 Å². The van der Waals surface area contributed by atoms with Crippen LogP contribution in [0.1, 0.15) is 18.4 Å². The van der Waals surface area contributed by atoms with Crippen LogP contribution in [0.5, 0.6) is 0 Å². The maximum atomic E-state index is 12.7. The minimum absolute atomic E-state index is 0.330. The molecule has 1 saturated carbocycles. The molecule has 3 nitrogen and oxygen atoms in total. The number of aliphatic hydroxyl groups excluding tert-OH is 1. The average molecular weight is 207 g/mol. The van der Waals surface area contributed by atoms with Crippen molar-refractivity contribution in [2.24, 2.45) is 4.99 Å². The van der Waals surface area contributed by atoms with Crippen LogP contribution in [0.3, 0.4) is 0 Å². The number of nitrogens with zero attached hydrogens (tertiary/aromatic N) is 1. The Kier molecular flexibility index (Phi) is 2.39. The molecule has 2 rings (SSSR count). The lowest BCUT2D eigenvalue weighted by Gasteiger charge is -2.41. The molecular formula is C11H10FNO2. The summed E-state index contributed by atoms with van der Waals surface area (Å²) >= 11 is 0. The molecule has 0 saturated heterocycles. The van der Waals surface area contributed by atoms with Crippen LogP contribution in [-0.4, -0.2) is 17.3 Å². The Morgan fingerprint density at radius 1 is 1.40 bits per heavy atom. The number of rotatable bonds is 2. The summed E-state index contributed by atoms with van der Waals surface area (Å²) in [5.41, 5.74) is 0.0621. The highest BCUT2D eigenvalue weighted by molar-refractivity contribution is 5.40. The Morgan fingerprint density at radius 3 is 2.47 bits per heavy atom. The molecule has 0 unspecified atom stereocenters. The lowest BCUT2D eigenvalue weighted by molar-refractivity contribution is 0.0223. The molecule has 1 aromatic rings. The van der Waals surface area contributed by atoms with Gasteiger partial charge in [-0.25, -0.2) is 9.18 Å². The molecule has 0 aliphatic heterocycles. The number of carbonyl (C=O) groups excluding carboxylic acids is 1. The van der Waals surface area contributed by atoms with Gasteiger partial charge >= 0.3 is 0 Å². The summed E-state index contributed by atoms with van der Waals surface area (Å²) in [7, 11) is 0. The van der Waals surface area contributed by atoms with Gasteiger partial charge in [-0.15, -0.1) is 0 Å². The summed E-state index contributed by atoms with van der Waals surface area (Å²) in [4.78, 5) is 14.0. The van der Waals surface area contributed by atoms with Crippen molar-refractivity contribution in [1.82, 2.24) is 0 Å². The smallest absolute Gasteiger partial charge is 0.235 e. The fourth-order valence-corrected chi connectivity index (χ4v) is 1.96. The Morgan fingerprint density at radius 2 is 2.00 bits per heavy atom. The van der Waals surface area contributed by atoms with Crippen LogP contribution >= 0.6 is 0 Å². The van der Waals surface area contributed by atoms with E-state index in [0.717, 1.165) is 5.56 Å². The Bertz CT molecular complexity index is 403. The third kappa shape index (κ3) is 1.69. The van der Waals surface area contributed by atoms with Crippen molar-refractivity contribution >= 4 is 6.08 Å². The van der Waals surface area contributed by atoms with Crippen LogP contribution in [-0.2, 0) is 10.3 Å². The second kappa shape index (κ2) is 3.57. The van der Waals surface area contributed by atoms with Gasteiger partial charge in [0, 0.05) is 12.8 Å². The minimum atomic E-state index is -0.686. The van der Waals surface area contributed by atoms with Crippen LogP contribution in [0, 0.1) is 5.82 Å². The molecule has 0 atom stereocenters. The Hall–Kier alpha value is -1.51. The van der Waals surface area contributed by atoms with E-state index in [0.29, 0.717) is 12.8 Å². The van der Waals surface area contributed by atoms with Gasteiger partial charge < -0.3 is 5.11 Å². The number of isocyanates is 1. The lowest BCUT2D eigenvalue weighted by atomic mass is 9.70. The zero-order valence-corrected chi connectivity index (χ0v) is 7.98. The first-order chi connectivity index (χ1) is 7.16. The predicted molar refractivity (Wildman–Crippen MR) is 51.4 cm³/mol. The van der Waals surface area contributed by atoms with Gasteiger partial charge in [-0.2, -0.15) is 4.99 Å². The van der Waals surface area contributed by atoms with E-state index < -0.39 is 11.6 Å². The van der Waals surface area contributed by atoms with Crippen molar-refractivity contribution in [3.63, 3.8) is 0 Å². The van der Waals surface area contributed by atoms with E-state index in [1.807, 2.05) is 0 Å². The van der Waals surface area contributed by atoms with Crippen LogP contribution in [0.15, 0.2) is 29.3 Å². The first kappa shape index (κ1) is 10.0. The molecule has 0 heterocycles. The van der Waals surface area contributed by atoms with E-state index in [1.54, 1.807) is 12.1 Å². The van der Waals surface area contributed by atoms with E-state index in [2.05, 4.69) is 4.99 Å². The predicted octanol–water partition coefficient (Wildman–Crippen LogP) is 1.51. The van der Waals surface area contributed by atoms with Crippen molar-refractivity contribution in [3.8, 4) is 0 Å². The van der Waals surface area contributed by atoms with Crippen LogP contribution < -0.4 is 0 Å². The van der Waals surface area contributed by atoms with Crippen LogP contribution in [0.4, 0.5) is 4.39 Å². The molecule has 0 radical (unpaired) electrons. The largest absolute Gasteiger partial charge is 0.393 e. The third-order valence-corrected chi connectivity index (χ3v) is 2.79. The molecular weight excluding hydrogens is 197 g/mol. The van der Waals surface area contributed by atoms with Crippen molar-refractivity contribution < 1.29 is 14.3 Å². The molecule has 15 heavy (non-hydrogen) atoms. The summed E-state index contributed by atoms with van der Waals surface area (Å²) in [5.74, 6) is -0.330. The standard InChI is InChI=1S/C11H10FNO2/c12-9-3-1-8(2-4-9)11(13-7-14)5-10(15)6-11/h1-4,10,15H,5-6H2. The molecule has 1 aliphatic carbocycles. The molecule has 1 aliphatic rings. The SMILES string of the molecule is O=C=NC1(c2ccc(F)cc2)CC(O)C1. The molecule has 0 bridgehead atoms.